The van der Waals surface area contributed by atoms with E-state index >= 15 is 0 Å². The van der Waals surface area contributed by atoms with E-state index in [1.807, 2.05) is 30.0 Å². The molecule has 2 rings (SSSR count). The van der Waals surface area contributed by atoms with Gasteiger partial charge in [-0.05, 0) is 43.4 Å². The molecule has 0 saturated carbocycles. The molecule has 1 saturated heterocycles. The fourth-order valence-electron chi connectivity index (χ4n) is 2.28. The highest BCUT2D eigenvalue weighted by molar-refractivity contribution is 9.10. The molecule has 1 aliphatic rings. The van der Waals surface area contributed by atoms with Crippen LogP contribution in [0.1, 0.15) is 28.8 Å². The molecule has 2 nitrogen and oxygen atoms in total. The van der Waals surface area contributed by atoms with Gasteiger partial charge in [0, 0.05) is 29.0 Å². The molecule has 0 radical (unpaired) electrons. The molecule has 1 atom stereocenters. The number of hydrogen-bond acceptors (Lipinski definition) is 1. The Morgan fingerprint density at radius 1 is 1.56 bits per heavy atom. The van der Waals surface area contributed by atoms with Crippen LogP contribution in [0.3, 0.4) is 0 Å². The zero-order chi connectivity index (χ0) is 13.1. The van der Waals surface area contributed by atoms with Crippen molar-refractivity contribution in [3.8, 4) is 0 Å². The molecule has 1 heterocycles. The van der Waals surface area contributed by atoms with Gasteiger partial charge in [-0.1, -0.05) is 22.0 Å². The smallest absolute Gasteiger partial charge is 0.253 e. The second-order valence-corrected chi connectivity index (χ2v) is 6.04. The third-order valence-electron chi connectivity index (χ3n) is 3.44. The molecular weight excluding hydrogens is 314 g/mol. The molecule has 0 aromatic heterocycles. The van der Waals surface area contributed by atoms with Crippen LogP contribution in [0.2, 0.25) is 0 Å². The van der Waals surface area contributed by atoms with Crippen molar-refractivity contribution >= 4 is 33.4 Å². The molecule has 1 aromatic rings. The third-order valence-corrected chi connectivity index (χ3v) is 4.73. The first-order valence-electron chi connectivity index (χ1n) is 6.23. The van der Waals surface area contributed by atoms with E-state index in [4.69, 9.17) is 11.6 Å². The maximum atomic E-state index is 12.4. The molecule has 0 spiro atoms. The summed E-state index contributed by atoms with van der Waals surface area (Å²) < 4.78 is 0.985. The van der Waals surface area contributed by atoms with E-state index in [-0.39, 0.29) is 5.91 Å². The Kier molecular flexibility index (Phi) is 4.68. The normalized spacial score (nSPS) is 19.9. The molecule has 18 heavy (non-hydrogen) atoms. The first-order valence-corrected chi connectivity index (χ1v) is 7.56. The van der Waals surface area contributed by atoms with Gasteiger partial charge in [0.1, 0.15) is 0 Å². The summed E-state index contributed by atoms with van der Waals surface area (Å²) in [6.07, 6.45) is 2.18. The van der Waals surface area contributed by atoms with Gasteiger partial charge in [-0.25, -0.2) is 0 Å². The Morgan fingerprint density at radius 3 is 3.00 bits per heavy atom. The highest BCUT2D eigenvalue weighted by Gasteiger charge is 2.24. The molecule has 1 unspecified atom stereocenters. The average Bonchev–Trinajstić information content (AvgIpc) is 2.41. The number of piperidine rings is 1. The molecule has 1 amide bonds. The van der Waals surface area contributed by atoms with E-state index in [1.165, 1.54) is 0 Å². The van der Waals surface area contributed by atoms with Gasteiger partial charge in [-0.3, -0.25) is 4.79 Å². The van der Waals surface area contributed by atoms with Crippen molar-refractivity contribution in [2.24, 2.45) is 5.92 Å². The van der Waals surface area contributed by atoms with Gasteiger partial charge in [-0.15, -0.1) is 11.6 Å². The Labute approximate surface area is 121 Å². The summed E-state index contributed by atoms with van der Waals surface area (Å²) in [7, 11) is 0. The minimum Gasteiger partial charge on any atom is -0.338 e. The fourth-order valence-corrected chi connectivity index (χ4v) is 2.91. The number of benzene rings is 1. The van der Waals surface area contributed by atoms with E-state index in [2.05, 4.69) is 15.9 Å². The summed E-state index contributed by atoms with van der Waals surface area (Å²) in [5, 5.41) is 0. The molecular formula is C14H17BrClNO. The van der Waals surface area contributed by atoms with Gasteiger partial charge in [0.2, 0.25) is 0 Å². The molecule has 1 aliphatic heterocycles. The quantitative estimate of drug-likeness (QED) is 0.754. The summed E-state index contributed by atoms with van der Waals surface area (Å²) in [6, 6.07) is 5.77. The molecule has 4 heteroatoms. The van der Waals surface area contributed by atoms with E-state index in [0.29, 0.717) is 11.8 Å². The molecule has 98 valence electrons. The standard InChI is InChI=1S/C14H17BrClNO/c1-10-4-5-12(7-13(10)15)14(18)17-6-2-3-11(8-16)9-17/h4-5,7,11H,2-3,6,8-9H2,1H3. The van der Waals surface area contributed by atoms with Crippen LogP contribution in [-0.2, 0) is 0 Å². The van der Waals surface area contributed by atoms with Gasteiger partial charge in [-0.2, -0.15) is 0 Å². The summed E-state index contributed by atoms with van der Waals surface area (Å²) in [5.74, 6) is 1.20. The van der Waals surface area contributed by atoms with Crippen LogP contribution in [-0.4, -0.2) is 29.8 Å². The first kappa shape index (κ1) is 13.9. The maximum Gasteiger partial charge on any atom is 0.253 e. The number of alkyl halides is 1. The van der Waals surface area contributed by atoms with E-state index in [1.54, 1.807) is 0 Å². The lowest BCUT2D eigenvalue weighted by Crippen LogP contribution is -2.40. The number of halogens is 2. The second kappa shape index (κ2) is 6.07. The summed E-state index contributed by atoms with van der Waals surface area (Å²) in [4.78, 5) is 14.3. The minimum absolute atomic E-state index is 0.116. The van der Waals surface area contributed by atoms with Crippen molar-refractivity contribution in [3.05, 3.63) is 33.8 Å². The van der Waals surface area contributed by atoms with Crippen molar-refractivity contribution < 1.29 is 4.79 Å². The Hall–Kier alpha value is -0.540. The van der Waals surface area contributed by atoms with Gasteiger partial charge in [0.05, 0.1) is 0 Å². The lowest BCUT2D eigenvalue weighted by molar-refractivity contribution is 0.0685. The molecule has 0 bridgehead atoms. The molecule has 1 fully saturated rings. The van der Waals surface area contributed by atoms with Crippen LogP contribution in [0, 0.1) is 12.8 Å². The molecule has 0 aliphatic carbocycles. The van der Waals surface area contributed by atoms with Crippen LogP contribution in [0.5, 0.6) is 0 Å². The number of amides is 1. The molecule has 0 N–H and O–H groups in total. The van der Waals surface area contributed by atoms with Gasteiger partial charge in [0.25, 0.3) is 5.91 Å². The number of carbonyl (C=O) groups excluding carboxylic acids is 1. The van der Waals surface area contributed by atoms with Crippen molar-refractivity contribution in [1.29, 1.82) is 0 Å². The van der Waals surface area contributed by atoms with Crippen LogP contribution in [0.25, 0.3) is 0 Å². The number of carbonyl (C=O) groups is 1. The van der Waals surface area contributed by atoms with Crippen LogP contribution < -0.4 is 0 Å². The number of rotatable bonds is 2. The first-order chi connectivity index (χ1) is 8.61. The minimum atomic E-state index is 0.116. The highest BCUT2D eigenvalue weighted by atomic mass is 79.9. The lowest BCUT2D eigenvalue weighted by Gasteiger charge is -2.32. The zero-order valence-corrected chi connectivity index (χ0v) is 12.8. The van der Waals surface area contributed by atoms with Crippen molar-refractivity contribution in [1.82, 2.24) is 4.90 Å². The predicted molar refractivity (Wildman–Crippen MR) is 78.2 cm³/mol. The summed E-state index contributed by atoms with van der Waals surface area (Å²) >= 11 is 9.37. The second-order valence-electron chi connectivity index (χ2n) is 4.88. The lowest BCUT2D eigenvalue weighted by atomic mass is 9.99. The third kappa shape index (κ3) is 3.07. The SMILES string of the molecule is Cc1ccc(C(=O)N2CCCC(CCl)C2)cc1Br. The summed E-state index contributed by atoms with van der Waals surface area (Å²) in [6.45, 7) is 3.65. The largest absolute Gasteiger partial charge is 0.338 e. The molecule has 1 aromatic carbocycles. The van der Waals surface area contributed by atoms with Crippen molar-refractivity contribution in [2.45, 2.75) is 19.8 Å². The van der Waals surface area contributed by atoms with Crippen LogP contribution in [0.15, 0.2) is 22.7 Å². The highest BCUT2D eigenvalue weighted by Crippen LogP contribution is 2.22. The van der Waals surface area contributed by atoms with Crippen LogP contribution in [0.4, 0.5) is 0 Å². The monoisotopic (exact) mass is 329 g/mol. The zero-order valence-electron chi connectivity index (χ0n) is 10.5. The fraction of sp³-hybridized carbons (Fsp3) is 0.500. The Morgan fingerprint density at radius 2 is 2.33 bits per heavy atom. The average molecular weight is 331 g/mol. The van der Waals surface area contributed by atoms with E-state index < -0.39 is 0 Å². The number of aryl methyl sites for hydroxylation is 1. The van der Waals surface area contributed by atoms with E-state index in [9.17, 15) is 4.79 Å². The number of hydrogen-bond donors (Lipinski definition) is 0. The maximum absolute atomic E-state index is 12.4. The van der Waals surface area contributed by atoms with Gasteiger partial charge in [0.15, 0.2) is 0 Å². The van der Waals surface area contributed by atoms with Crippen molar-refractivity contribution in [3.63, 3.8) is 0 Å². The Bertz CT molecular complexity index is 449. The number of likely N-dealkylation sites (tertiary alicyclic amines) is 1. The van der Waals surface area contributed by atoms with Gasteiger partial charge < -0.3 is 4.90 Å². The van der Waals surface area contributed by atoms with E-state index in [0.717, 1.165) is 41.5 Å². The van der Waals surface area contributed by atoms with Gasteiger partial charge >= 0.3 is 0 Å². The summed E-state index contributed by atoms with van der Waals surface area (Å²) in [5.41, 5.74) is 1.89. The van der Waals surface area contributed by atoms with Crippen LogP contribution >= 0.6 is 27.5 Å². The van der Waals surface area contributed by atoms with Crippen molar-refractivity contribution in [2.75, 3.05) is 19.0 Å². The number of nitrogens with zero attached hydrogens (tertiary/aromatic N) is 1. The topological polar surface area (TPSA) is 20.3 Å². The Balaban J connectivity index is 2.12. The predicted octanol–water partition coefficient (Wildman–Crippen LogP) is 3.85.